The van der Waals surface area contributed by atoms with E-state index in [0.29, 0.717) is 12.2 Å². The summed E-state index contributed by atoms with van der Waals surface area (Å²) in [5, 5.41) is 3.40. The third kappa shape index (κ3) is 4.44. The lowest BCUT2D eigenvalue weighted by Gasteiger charge is -2.19. The van der Waals surface area contributed by atoms with Crippen molar-refractivity contribution in [3.63, 3.8) is 0 Å². The van der Waals surface area contributed by atoms with E-state index in [1.54, 1.807) is 0 Å². The van der Waals surface area contributed by atoms with Gasteiger partial charge in [-0.05, 0) is 11.1 Å². The molecule has 6 heteroatoms. The monoisotopic (exact) mass is 343 g/mol. The van der Waals surface area contributed by atoms with Crippen LogP contribution in [-0.2, 0) is 6.54 Å². The number of nitrogens with one attached hydrogen (secondary N) is 3. The van der Waals surface area contributed by atoms with Crippen LogP contribution in [0.25, 0.3) is 0 Å². The molecule has 3 aromatic rings. The smallest absolute Gasteiger partial charge is 0.310 e. The van der Waals surface area contributed by atoms with Crippen molar-refractivity contribution in [1.29, 1.82) is 0 Å². The van der Waals surface area contributed by atoms with E-state index >= 15 is 0 Å². The molecule has 5 nitrogen and oxygen atoms in total. The number of hydrogen-bond acceptors (Lipinski definition) is 3. The van der Waals surface area contributed by atoms with E-state index in [9.17, 15) is 9.59 Å². The molecule has 0 aliphatic heterocycles. The first-order chi connectivity index (χ1) is 11.2. The van der Waals surface area contributed by atoms with E-state index in [1.807, 2.05) is 60.7 Å². The van der Waals surface area contributed by atoms with Gasteiger partial charge in [0.15, 0.2) is 0 Å². The third-order valence-corrected chi connectivity index (χ3v) is 3.58. The van der Waals surface area contributed by atoms with Gasteiger partial charge in [0.1, 0.15) is 0 Å². The molecule has 1 aromatic heterocycles. The Bertz CT molecular complexity index is 808. The summed E-state index contributed by atoms with van der Waals surface area (Å²) in [6.45, 7) is 0.383. The molecule has 0 aliphatic carbocycles. The predicted molar refractivity (Wildman–Crippen MR) is 96.5 cm³/mol. The molecule has 0 amide bonds. The topological polar surface area (TPSA) is 77.8 Å². The Kier molecular flexibility index (Phi) is 6.12. The first-order valence-corrected chi connectivity index (χ1v) is 7.38. The highest BCUT2D eigenvalue weighted by Crippen LogP contribution is 2.21. The zero-order valence-electron chi connectivity index (χ0n) is 12.9. The lowest BCUT2D eigenvalue weighted by molar-refractivity contribution is 0.594. The van der Waals surface area contributed by atoms with Gasteiger partial charge in [-0.2, -0.15) is 0 Å². The molecule has 3 rings (SSSR count). The van der Waals surface area contributed by atoms with Crippen molar-refractivity contribution in [3.05, 3.63) is 104 Å². The van der Waals surface area contributed by atoms with Crippen molar-refractivity contribution in [2.45, 2.75) is 12.6 Å². The summed E-state index contributed by atoms with van der Waals surface area (Å²) >= 11 is 0. The molecule has 0 unspecified atom stereocenters. The quantitative estimate of drug-likeness (QED) is 0.665. The highest BCUT2D eigenvalue weighted by atomic mass is 35.5. The average molecular weight is 344 g/mol. The van der Waals surface area contributed by atoms with Crippen LogP contribution in [0.15, 0.2) is 76.3 Å². The zero-order chi connectivity index (χ0) is 16.1. The normalized spacial score (nSPS) is 10.4. The Morgan fingerprint density at radius 3 is 1.88 bits per heavy atom. The fourth-order valence-electron chi connectivity index (χ4n) is 2.55. The molecule has 1 heterocycles. The molecule has 0 spiro atoms. The summed E-state index contributed by atoms with van der Waals surface area (Å²) in [5.74, 6) is 0. The Morgan fingerprint density at radius 2 is 1.38 bits per heavy atom. The van der Waals surface area contributed by atoms with Gasteiger partial charge in [-0.3, -0.25) is 9.78 Å². The first-order valence-electron chi connectivity index (χ1n) is 7.38. The van der Waals surface area contributed by atoms with Gasteiger partial charge < -0.3 is 10.3 Å². The van der Waals surface area contributed by atoms with Gasteiger partial charge in [-0.25, -0.2) is 4.79 Å². The summed E-state index contributed by atoms with van der Waals surface area (Å²) < 4.78 is 0. The van der Waals surface area contributed by atoms with Crippen LogP contribution in [0.1, 0.15) is 22.9 Å². The van der Waals surface area contributed by atoms with Gasteiger partial charge in [0, 0.05) is 18.3 Å². The molecule has 124 valence electrons. The number of hydrogen-bond donors (Lipinski definition) is 3. The highest BCUT2D eigenvalue weighted by Gasteiger charge is 2.13. The largest absolute Gasteiger partial charge is 0.325 e. The minimum Gasteiger partial charge on any atom is -0.310 e. The molecule has 2 aromatic carbocycles. The predicted octanol–water partition coefficient (Wildman–Crippen LogP) is 2.36. The third-order valence-electron chi connectivity index (χ3n) is 3.58. The van der Waals surface area contributed by atoms with Crippen LogP contribution in [0.2, 0.25) is 0 Å². The second-order valence-electron chi connectivity index (χ2n) is 5.25. The van der Waals surface area contributed by atoms with Crippen LogP contribution in [0.3, 0.4) is 0 Å². The van der Waals surface area contributed by atoms with Crippen LogP contribution in [-0.4, -0.2) is 9.97 Å². The maximum atomic E-state index is 11.4. The summed E-state index contributed by atoms with van der Waals surface area (Å²) in [4.78, 5) is 27.5. The van der Waals surface area contributed by atoms with Crippen molar-refractivity contribution in [3.8, 4) is 0 Å². The summed E-state index contributed by atoms with van der Waals surface area (Å²) in [5.41, 5.74) is 1.89. The zero-order valence-corrected chi connectivity index (χ0v) is 13.7. The fourth-order valence-corrected chi connectivity index (χ4v) is 2.55. The van der Waals surface area contributed by atoms with Crippen molar-refractivity contribution in [2.75, 3.05) is 0 Å². The molecule has 0 atom stereocenters. The Balaban J connectivity index is 0.00000208. The lowest BCUT2D eigenvalue weighted by atomic mass is 9.99. The van der Waals surface area contributed by atoms with Crippen LogP contribution in [0, 0.1) is 0 Å². The molecule has 0 bridgehead atoms. The summed E-state index contributed by atoms with van der Waals surface area (Å²) in [6, 6.07) is 21.4. The molecule has 0 aliphatic rings. The molecular weight excluding hydrogens is 326 g/mol. The van der Waals surface area contributed by atoms with Gasteiger partial charge in [-0.15, -0.1) is 12.4 Å². The minimum atomic E-state index is -0.495. The van der Waals surface area contributed by atoms with Gasteiger partial charge in [-0.1, -0.05) is 60.7 Å². The Labute approximate surface area is 145 Å². The minimum absolute atomic E-state index is 0. The van der Waals surface area contributed by atoms with Crippen molar-refractivity contribution >= 4 is 12.4 Å². The number of benzene rings is 2. The van der Waals surface area contributed by atoms with E-state index in [0.717, 1.165) is 11.1 Å². The van der Waals surface area contributed by atoms with Gasteiger partial charge in [0.2, 0.25) is 0 Å². The number of aromatic nitrogens is 2. The number of halogens is 1. The average Bonchev–Trinajstić information content (AvgIpc) is 2.56. The maximum absolute atomic E-state index is 11.4. The lowest BCUT2D eigenvalue weighted by Crippen LogP contribution is -2.28. The van der Waals surface area contributed by atoms with Crippen molar-refractivity contribution in [2.24, 2.45) is 0 Å². The van der Waals surface area contributed by atoms with Crippen LogP contribution in [0.5, 0.6) is 0 Å². The summed E-state index contributed by atoms with van der Waals surface area (Å²) in [6.07, 6.45) is 0. The van der Waals surface area contributed by atoms with Gasteiger partial charge in [0.05, 0.1) is 6.04 Å². The van der Waals surface area contributed by atoms with Crippen molar-refractivity contribution in [1.82, 2.24) is 15.3 Å². The standard InChI is InChI=1S/C18H17N3O2.ClH/c22-16-11-15(20-18(23)21-16)12-19-17(13-7-3-1-4-8-13)14-9-5-2-6-10-14;/h1-11,17,19H,12H2,(H2,20,21,22,23);1H. The Hall–Kier alpha value is -2.63. The number of H-pyrrole nitrogens is 2. The van der Waals surface area contributed by atoms with E-state index in [1.165, 1.54) is 6.07 Å². The fraction of sp³-hybridized carbons (Fsp3) is 0.111. The molecule has 24 heavy (non-hydrogen) atoms. The van der Waals surface area contributed by atoms with E-state index in [2.05, 4.69) is 15.3 Å². The second-order valence-corrected chi connectivity index (χ2v) is 5.25. The van der Waals surface area contributed by atoms with E-state index < -0.39 is 11.2 Å². The van der Waals surface area contributed by atoms with Crippen LogP contribution in [0.4, 0.5) is 0 Å². The molecular formula is C18H18ClN3O2. The molecule has 3 N–H and O–H groups in total. The molecule has 0 fully saturated rings. The second kappa shape index (κ2) is 8.29. The molecule has 0 saturated carbocycles. The summed E-state index contributed by atoms with van der Waals surface area (Å²) in [7, 11) is 0. The maximum Gasteiger partial charge on any atom is 0.325 e. The molecule has 0 saturated heterocycles. The van der Waals surface area contributed by atoms with Crippen molar-refractivity contribution < 1.29 is 0 Å². The van der Waals surface area contributed by atoms with Gasteiger partial charge >= 0.3 is 5.69 Å². The Morgan fingerprint density at radius 1 is 0.833 bits per heavy atom. The molecule has 0 radical (unpaired) electrons. The van der Waals surface area contributed by atoms with E-state index in [-0.39, 0.29) is 18.4 Å². The van der Waals surface area contributed by atoms with Crippen LogP contribution >= 0.6 is 12.4 Å². The van der Waals surface area contributed by atoms with Gasteiger partial charge in [0.25, 0.3) is 5.56 Å². The SMILES string of the molecule is Cl.O=c1cc(CNC(c2ccccc2)c2ccccc2)[nH]c(=O)[nH]1. The number of rotatable bonds is 5. The first kappa shape index (κ1) is 17.7. The van der Waals surface area contributed by atoms with Crippen LogP contribution < -0.4 is 16.6 Å². The van der Waals surface area contributed by atoms with E-state index in [4.69, 9.17) is 0 Å². The number of aromatic amines is 2. The highest BCUT2D eigenvalue weighted by molar-refractivity contribution is 5.85.